The van der Waals surface area contributed by atoms with Gasteiger partial charge in [-0.2, -0.15) is 13.2 Å². The van der Waals surface area contributed by atoms with Gasteiger partial charge >= 0.3 is 6.18 Å². The fourth-order valence-corrected chi connectivity index (χ4v) is 3.42. The quantitative estimate of drug-likeness (QED) is 0.801. The lowest BCUT2D eigenvalue weighted by Crippen LogP contribution is -2.30. The topological polar surface area (TPSA) is 12.0 Å². The summed E-state index contributed by atoms with van der Waals surface area (Å²) in [6.07, 6.45) is 1.80. The van der Waals surface area contributed by atoms with Crippen LogP contribution in [0.2, 0.25) is 0 Å². The van der Waals surface area contributed by atoms with Crippen molar-refractivity contribution in [2.45, 2.75) is 58.2 Å². The monoisotopic (exact) mass is 299 g/mol. The smallest absolute Gasteiger partial charge is 0.310 e. The van der Waals surface area contributed by atoms with Crippen molar-refractivity contribution < 1.29 is 13.2 Å². The third-order valence-corrected chi connectivity index (χ3v) is 4.48. The van der Waals surface area contributed by atoms with Crippen molar-refractivity contribution in [3.63, 3.8) is 0 Å². The highest BCUT2D eigenvalue weighted by Crippen LogP contribution is 2.37. The first-order chi connectivity index (χ1) is 9.93. The van der Waals surface area contributed by atoms with E-state index >= 15 is 0 Å². The Labute approximate surface area is 124 Å². The third-order valence-electron chi connectivity index (χ3n) is 4.48. The number of halogens is 3. The van der Waals surface area contributed by atoms with E-state index in [1.807, 2.05) is 0 Å². The van der Waals surface area contributed by atoms with E-state index in [-0.39, 0.29) is 6.04 Å². The number of hydrogen-bond donors (Lipinski definition) is 1. The van der Waals surface area contributed by atoms with Gasteiger partial charge < -0.3 is 5.32 Å². The van der Waals surface area contributed by atoms with E-state index in [0.717, 1.165) is 30.5 Å². The lowest BCUT2D eigenvalue weighted by atomic mass is 9.80. The molecule has 2 rings (SSSR count). The molecule has 21 heavy (non-hydrogen) atoms. The zero-order chi connectivity index (χ0) is 15.5. The Morgan fingerprint density at radius 3 is 2.38 bits per heavy atom. The summed E-state index contributed by atoms with van der Waals surface area (Å²) in [5.41, 5.74) is 1.21. The van der Waals surface area contributed by atoms with Crippen molar-refractivity contribution in [2.75, 3.05) is 6.54 Å². The summed E-state index contributed by atoms with van der Waals surface area (Å²) in [6.45, 7) is 4.68. The predicted octanol–water partition coefficient (Wildman–Crippen LogP) is 5.24. The summed E-state index contributed by atoms with van der Waals surface area (Å²) in [7, 11) is 0. The van der Waals surface area contributed by atoms with Gasteiger partial charge in [-0.1, -0.05) is 32.3 Å². The Morgan fingerprint density at radius 1 is 1.19 bits per heavy atom. The minimum Gasteiger partial charge on any atom is -0.310 e. The molecule has 1 fully saturated rings. The highest BCUT2D eigenvalue weighted by Gasteiger charge is 2.32. The molecule has 0 amide bonds. The molecule has 0 heterocycles. The molecule has 1 N–H and O–H groups in total. The Kier molecular flexibility index (Phi) is 5.31. The molecule has 1 aliphatic rings. The largest absolute Gasteiger partial charge is 0.416 e. The molecular formula is C17H24F3N. The lowest BCUT2D eigenvalue weighted by molar-refractivity contribution is -0.137. The summed E-state index contributed by atoms with van der Waals surface area (Å²) in [5.74, 6) is 0.536. The van der Waals surface area contributed by atoms with Crippen molar-refractivity contribution in [1.29, 1.82) is 0 Å². The van der Waals surface area contributed by atoms with Gasteiger partial charge in [-0.05, 0) is 55.5 Å². The second kappa shape index (κ2) is 6.82. The number of nitrogens with one attached hydrogen (secondary N) is 1. The molecule has 0 aliphatic heterocycles. The average molecular weight is 299 g/mol. The summed E-state index contributed by atoms with van der Waals surface area (Å²) in [5, 5.41) is 3.49. The number of hydrogen-bond acceptors (Lipinski definition) is 1. The number of alkyl halides is 3. The molecule has 1 atom stereocenters. The van der Waals surface area contributed by atoms with Crippen molar-refractivity contribution in [1.82, 2.24) is 5.32 Å². The van der Waals surface area contributed by atoms with E-state index in [0.29, 0.717) is 5.92 Å². The van der Waals surface area contributed by atoms with Crippen LogP contribution in [0.25, 0.3) is 0 Å². The normalized spacial score (nSPS) is 18.7. The number of rotatable bonds is 4. The van der Waals surface area contributed by atoms with Gasteiger partial charge in [-0.15, -0.1) is 0 Å². The van der Waals surface area contributed by atoms with Crippen LogP contribution in [-0.4, -0.2) is 6.54 Å². The molecule has 0 spiro atoms. The van der Waals surface area contributed by atoms with E-state index in [4.69, 9.17) is 0 Å². The summed E-state index contributed by atoms with van der Waals surface area (Å²) >= 11 is 0. The molecule has 0 aromatic heterocycles. The van der Waals surface area contributed by atoms with Crippen LogP contribution in [0.4, 0.5) is 13.2 Å². The van der Waals surface area contributed by atoms with E-state index in [9.17, 15) is 13.2 Å². The SMILES string of the molecule is CCNC(c1ccc(C(F)(F)F)cc1C)C1CCCCC1. The summed E-state index contributed by atoms with van der Waals surface area (Å²) in [4.78, 5) is 0. The Bertz CT molecular complexity index is 462. The number of aryl methyl sites for hydroxylation is 1. The van der Waals surface area contributed by atoms with Gasteiger partial charge in [0.1, 0.15) is 0 Å². The minimum absolute atomic E-state index is 0.178. The molecular weight excluding hydrogens is 275 g/mol. The molecule has 0 bridgehead atoms. The maximum absolute atomic E-state index is 12.8. The van der Waals surface area contributed by atoms with Crippen molar-refractivity contribution in [2.24, 2.45) is 5.92 Å². The maximum atomic E-state index is 12.8. The Morgan fingerprint density at radius 2 is 1.86 bits per heavy atom. The van der Waals surface area contributed by atoms with Crippen LogP contribution < -0.4 is 5.32 Å². The summed E-state index contributed by atoms with van der Waals surface area (Å²) < 4.78 is 38.4. The molecule has 1 unspecified atom stereocenters. The van der Waals surface area contributed by atoms with Crippen LogP contribution in [0, 0.1) is 12.8 Å². The van der Waals surface area contributed by atoms with Crippen LogP contribution in [0.5, 0.6) is 0 Å². The van der Waals surface area contributed by atoms with Crippen LogP contribution in [0.15, 0.2) is 18.2 Å². The molecule has 4 heteroatoms. The van der Waals surface area contributed by atoms with E-state index < -0.39 is 11.7 Å². The minimum atomic E-state index is -4.26. The van der Waals surface area contributed by atoms with E-state index in [1.165, 1.54) is 31.4 Å². The van der Waals surface area contributed by atoms with E-state index in [1.54, 1.807) is 13.0 Å². The molecule has 0 saturated heterocycles. The van der Waals surface area contributed by atoms with Gasteiger partial charge in [-0.25, -0.2) is 0 Å². The standard InChI is InChI=1S/C17H24F3N/c1-3-21-16(13-7-5-4-6-8-13)15-10-9-14(11-12(15)2)17(18,19)20/h9-11,13,16,21H,3-8H2,1-2H3. The highest BCUT2D eigenvalue weighted by molar-refractivity contribution is 5.35. The summed E-state index contributed by atoms with van der Waals surface area (Å²) in [6, 6.07) is 4.34. The average Bonchev–Trinajstić information content (AvgIpc) is 2.45. The van der Waals surface area contributed by atoms with Gasteiger partial charge in [0.25, 0.3) is 0 Å². The van der Waals surface area contributed by atoms with Crippen LogP contribution in [0.3, 0.4) is 0 Å². The Hall–Kier alpha value is -1.03. The molecule has 118 valence electrons. The highest BCUT2D eigenvalue weighted by atomic mass is 19.4. The van der Waals surface area contributed by atoms with Crippen molar-refractivity contribution in [3.8, 4) is 0 Å². The fourth-order valence-electron chi connectivity index (χ4n) is 3.42. The van der Waals surface area contributed by atoms with Gasteiger partial charge in [0, 0.05) is 6.04 Å². The first-order valence-corrected chi connectivity index (χ1v) is 7.84. The first kappa shape index (κ1) is 16.3. The molecule has 1 aromatic rings. The van der Waals surface area contributed by atoms with Crippen LogP contribution >= 0.6 is 0 Å². The predicted molar refractivity (Wildman–Crippen MR) is 79.2 cm³/mol. The van der Waals surface area contributed by atoms with Gasteiger partial charge in [0.2, 0.25) is 0 Å². The third kappa shape index (κ3) is 4.00. The molecule has 0 radical (unpaired) electrons. The van der Waals surface area contributed by atoms with Crippen LogP contribution in [0.1, 0.15) is 61.8 Å². The van der Waals surface area contributed by atoms with Gasteiger partial charge in [0.15, 0.2) is 0 Å². The Balaban J connectivity index is 2.27. The number of benzene rings is 1. The second-order valence-electron chi connectivity index (χ2n) is 6.00. The first-order valence-electron chi connectivity index (χ1n) is 7.84. The molecule has 1 aliphatic carbocycles. The maximum Gasteiger partial charge on any atom is 0.416 e. The van der Waals surface area contributed by atoms with E-state index in [2.05, 4.69) is 12.2 Å². The zero-order valence-corrected chi connectivity index (χ0v) is 12.8. The van der Waals surface area contributed by atoms with Crippen molar-refractivity contribution >= 4 is 0 Å². The van der Waals surface area contributed by atoms with Gasteiger partial charge in [-0.3, -0.25) is 0 Å². The van der Waals surface area contributed by atoms with Gasteiger partial charge in [0.05, 0.1) is 5.56 Å². The molecule has 1 nitrogen and oxygen atoms in total. The van der Waals surface area contributed by atoms with Crippen LogP contribution in [-0.2, 0) is 6.18 Å². The molecule has 1 saturated carbocycles. The molecule has 1 aromatic carbocycles. The fraction of sp³-hybridized carbons (Fsp3) is 0.647. The lowest BCUT2D eigenvalue weighted by Gasteiger charge is -2.32. The second-order valence-corrected chi connectivity index (χ2v) is 6.00. The van der Waals surface area contributed by atoms with Crippen molar-refractivity contribution in [3.05, 3.63) is 34.9 Å². The zero-order valence-electron chi connectivity index (χ0n) is 12.8.